The van der Waals surface area contributed by atoms with E-state index in [4.69, 9.17) is 14.2 Å². The van der Waals surface area contributed by atoms with Gasteiger partial charge in [-0.3, -0.25) is 4.79 Å². The number of carbonyl (C=O) groups excluding carboxylic acids is 1. The van der Waals surface area contributed by atoms with Crippen molar-refractivity contribution in [3.05, 3.63) is 54.1 Å². The summed E-state index contributed by atoms with van der Waals surface area (Å²) < 4.78 is 45.8. The number of benzene rings is 2. The van der Waals surface area contributed by atoms with Gasteiger partial charge in [0, 0.05) is 12.1 Å². The molecule has 0 spiro atoms. The van der Waals surface area contributed by atoms with Crippen molar-refractivity contribution in [2.24, 2.45) is 0 Å². The molecule has 1 amide bonds. The zero-order valence-electron chi connectivity index (χ0n) is 15.3. The number of amides is 1. The first-order valence-electron chi connectivity index (χ1n) is 8.78. The summed E-state index contributed by atoms with van der Waals surface area (Å²) in [5.74, 6) is 0.881. The second kappa shape index (κ2) is 9.36. The second-order valence-electron chi connectivity index (χ2n) is 6.11. The molecule has 1 heterocycles. The van der Waals surface area contributed by atoms with Crippen molar-refractivity contribution in [2.45, 2.75) is 12.7 Å². The number of ether oxygens (including phenoxy) is 4. The lowest BCUT2D eigenvalue weighted by Crippen LogP contribution is -2.47. The number of methoxy groups -OCH3 is 1. The Balaban J connectivity index is 1.60. The molecule has 0 aromatic heterocycles. The number of alkyl halides is 2. The van der Waals surface area contributed by atoms with Crippen molar-refractivity contribution in [1.29, 1.82) is 0 Å². The van der Waals surface area contributed by atoms with Gasteiger partial charge in [0.15, 0.2) is 11.5 Å². The van der Waals surface area contributed by atoms with Crippen LogP contribution in [-0.4, -0.2) is 56.9 Å². The van der Waals surface area contributed by atoms with E-state index in [0.29, 0.717) is 31.2 Å². The SMILES string of the molecule is COc1ccccc1OC[C@@H]1CN(C(=O)c2cccc(OC(F)F)c2)CCO1. The lowest BCUT2D eigenvalue weighted by Gasteiger charge is -2.33. The summed E-state index contributed by atoms with van der Waals surface area (Å²) in [4.78, 5) is 14.3. The van der Waals surface area contributed by atoms with Gasteiger partial charge in [0.25, 0.3) is 5.91 Å². The fourth-order valence-corrected chi connectivity index (χ4v) is 2.91. The third kappa shape index (κ3) is 5.10. The maximum absolute atomic E-state index is 12.7. The molecule has 0 bridgehead atoms. The number of halogens is 2. The van der Waals surface area contributed by atoms with Gasteiger partial charge in [0.05, 0.1) is 20.3 Å². The van der Waals surface area contributed by atoms with Crippen LogP contribution in [0.5, 0.6) is 17.2 Å². The molecule has 0 N–H and O–H groups in total. The van der Waals surface area contributed by atoms with E-state index < -0.39 is 6.61 Å². The van der Waals surface area contributed by atoms with E-state index in [1.54, 1.807) is 30.2 Å². The highest BCUT2D eigenvalue weighted by Crippen LogP contribution is 2.26. The Labute approximate surface area is 161 Å². The highest BCUT2D eigenvalue weighted by molar-refractivity contribution is 5.94. The molecule has 8 heteroatoms. The maximum Gasteiger partial charge on any atom is 0.387 e. The quantitative estimate of drug-likeness (QED) is 0.723. The fraction of sp³-hybridized carbons (Fsp3) is 0.350. The molecular weight excluding hydrogens is 372 g/mol. The van der Waals surface area contributed by atoms with Crippen molar-refractivity contribution in [3.8, 4) is 17.2 Å². The minimum absolute atomic E-state index is 0.0508. The number of rotatable bonds is 7. The molecule has 0 unspecified atom stereocenters. The molecule has 0 radical (unpaired) electrons. The molecule has 1 aliphatic heterocycles. The van der Waals surface area contributed by atoms with Gasteiger partial charge in [0.1, 0.15) is 18.5 Å². The van der Waals surface area contributed by atoms with Crippen LogP contribution in [0.3, 0.4) is 0 Å². The van der Waals surface area contributed by atoms with Crippen LogP contribution in [0.4, 0.5) is 8.78 Å². The Hall–Kier alpha value is -2.87. The molecule has 0 saturated carbocycles. The average molecular weight is 393 g/mol. The highest BCUT2D eigenvalue weighted by atomic mass is 19.3. The van der Waals surface area contributed by atoms with Crippen molar-refractivity contribution < 1.29 is 32.5 Å². The van der Waals surface area contributed by atoms with Gasteiger partial charge in [-0.1, -0.05) is 18.2 Å². The summed E-state index contributed by atoms with van der Waals surface area (Å²) in [7, 11) is 1.56. The summed E-state index contributed by atoms with van der Waals surface area (Å²) >= 11 is 0. The standard InChI is InChI=1S/C20H21F2NO5/c1-25-17-7-2-3-8-18(17)27-13-16-12-23(9-10-26-16)19(24)14-5-4-6-15(11-14)28-20(21)22/h2-8,11,16,20H,9-10,12-13H2,1H3/t16-/m0/s1. The van der Waals surface area contributed by atoms with Crippen LogP contribution < -0.4 is 14.2 Å². The molecule has 1 atom stereocenters. The van der Waals surface area contributed by atoms with Gasteiger partial charge >= 0.3 is 6.61 Å². The van der Waals surface area contributed by atoms with E-state index in [0.717, 1.165) is 0 Å². The van der Waals surface area contributed by atoms with Gasteiger partial charge in [-0.05, 0) is 30.3 Å². The van der Waals surface area contributed by atoms with E-state index in [-0.39, 0.29) is 29.9 Å². The normalized spacial score (nSPS) is 16.7. The summed E-state index contributed by atoms with van der Waals surface area (Å²) in [6.07, 6.45) is -0.317. The van der Waals surface area contributed by atoms with Gasteiger partial charge in [-0.25, -0.2) is 0 Å². The molecule has 28 heavy (non-hydrogen) atoms. The van der Waals surface area contributed by atoms with E-state index >= 15 is 0 Å². The second-order valence-corrected chi connectivity index (χ2v) is 6.11. The van der Waals surface area contributed by atoms with Gasteiger partial charge < -0.3 is 23.8 Å². The molecule has 6 nitrogen and oxygen atoms in total. The molecule has 1 saturated heterocycles. The monoisotopic (exact) mass is 393 g/mol. The van der Waals surface area contributed by atoms with Crippen LogP contribution in [0.25, 0.3) is 0 Å². The Morgan fingerprint density at radius 3 is 2.75 bits per heavy atom. The lowest BCUT2D eigenvalue weighted by molar-refractivity contribution is -0.0500. The highest BCUT2D eigenvalue weighted by Gasteiger charge is 2.26. The zero-order chi connectivity index (χ0) is 19.9. The van der Waals surface area contributed by atoms with E-state index in [1.165, 1.54) is 18.2 Å². The van der Waals surface area contributed by atoms with Crippen LogP contribution >= 0.6 is 0 Å². The number of morpholine rings is 1. The summed E-state index contributed by atoms with van der Waals surface area (Å²) in [5.41, 5.74) is 0.282. The number of hydrogen-bond acceptors (Lipinski definition) is 5. The van der Waals surface area contributed by atoms with Crippen LogP contribution in [0.1, 0.15) is 10.4 Å². The first-order valence-corrected chi connectivity index (χ1v) is 8.78. The third-order valence-corrected chi connectivity index (χ3v) is 4.23. The van der Waals surface area contributed by atoms with Crippen molar-refractivity contribution in [1.82, 2.24) is 4.90 Å². The summed E-state index contributed by atoms with van der Waals surface area (Å²) in [5, 5.41) is 0. The average Bonchev–Trinajstić information content (AvgIpc) is 2.72. The minimum atomic E-state index is -2.94. The Morgan fingerprint density at radius 1 is 1.21 bits per heavy atom. The van der Waals surface area contributed by atoms with Crippen molar-refractivity contribution in [2.75, 3.05) is 33.4 Å². The van der Waals surface area contributed by atoms with E-state index in [1.807, 2.05) is 12.1 Å². The van der Waals surface area contributed by atoms with Crippen LogP contribution in [0, 0.1) is 0 Å². The van der Waals surface area contributed by atoms with E-state index in [9.17, 15) is 13.6 Å². The molecule has 1 fully saturated rings. The molecule has 150 valence electrons. The minimum Gasteiger partial charge on any atom is -0.493 e. The number of para-hydroxylation sites is 2. The van der Waals surface area contributed by atoms with Gasteiger partial charge in [0.2, 0.25) is 0 Å². The predicted molar refractivity (Wildman–Crippen MR) is 97.2 cm³/mol. The molecule has 1 aliphatic rings. The first kappa shape index (κ1) is 19.9. The zero-order valence-corrected chi connectivity index (χ0v) is 15.3. The Morgan fingerprint density at radius 2 is 2.00 bits per heavy atom. The first-order chi connectivity index (χ1) is 13.6. The maximum atomic E-state index is 12.7. The third-order valence-electron chi connectivity index (χ3n) is 4.23. The molecule has 3 rings (SSSR count). The molecule has 2 aromatic rings. The van der Waals surface area contributed by atoms with Crippen molar-refractivity contribution in [3.63, 3.8) is 0 Å². The van der Waals surface area contributed by atoms with Crippen LogP contribution in [0.15, 0.2) is 48.5 Å². The van der Waals surface area contributed by atoms with Gasteiger partial charge in [-0.2, -0.15) is 8.78 Å². The predicted octanol–water partition coefficient (Wildman–Crippen LogP) is 3.22. The molecular formula is C20H21F2NO5. The number of nitrogens with zero attached hydrogens (tertiary/aromatic N) is 1. The van der Waals surface area contributed by atoms with Crippen molar-refractivity contribution >= 4 is 5.91 Å². The largest absolute Gasteiger partial charge is 0.493 e. The molecule has 2 aromatic carbocycles. The van der Waals surface area contributed by atoms with E-state index in [2.05, 4.69) is 4.74 Å². The number of hydrogen-bond donors (Lipinski definition) is 0. The fourth-order valence-electron chi connectivity index (χ4n) is 2.91. The topological polar surface area (TPSA) is 57.2 Å². The van der Waals surface area contributed by atoms with Gasteiger partial charge in [-0.15, -0.1) is 0 Å². The van der Waals surface area contributed by atoms with Crippen LogP contribution in [0.2, 0.25) is 0 Å². The number of carbonyl (C=O) groups is 1. The Bertz CT molecular complexity index is 802. The summed E-state index contributed by atoms with van der Waals surface area (Å²) in [6, 6.07) is 13.0. The smallest absolute Gasteiger partial charge is 0.387 e. The molecule has 0 aliphatic carbocycles. The lowest BCUT2D eigenvalue weighted by atomic mass is 10.1. The Kier molecular flexibility index (Phi) is 6.65. The summed E-state index contributed by atoms with van der Waals surface area (Å²) in [6.45, 7) is -1.60. The van der Waals surface area contributed by atoms with Crippen LogP contribution in [-0.2, 0) is 4.74 Å².